The highest BCUT2D eigenvalue weighted by molar-refractivity contribution is 5.76. The average Bonchev–Trinajstić information content (AvgIpc) is 1.22. The smallest absolute Gasteiger partial charge is 0.305 e. The first-order valence-electron chi connectivity index (χ1n) is 39.2. The Hall–Kier alpha value is -2.90. The van der Waals surface area contributed by atoms with Crippen LogP contribution < -0.4 is 5.32 Å². The van der Waals surface area contributed by atoms with Crippen molar-refractivity contribution in [3.63, 3.8) is 0 Å². The molecule has 0 aromatic heterocycles. The molecule has 11 nitrogen and oxygen atoms in total. The standard InChI is InChI=1S/C81H147NO10/c1-3-5-7-9-11-13-15-16-45-49-53-57-61-65-69-77(86)90-70-66-62-58-54-50-46-43-41-39-37-35-33-31-29-27-25-23-21-19-17-18-20-22-24-26-28-30-32-34-36-38-40-42-44-48-52-56-60-64-68-76(85)82-73(72-91-81-80(89)79(88)78(87)75(71-83)92-81)74(84)67-63-59-55-51-47-14-12-10-8-6-4-2/h8,10,15-18,21,23,47,51,63,67,73-75,78-81,83-84,87-89H,3-7,9,11-14,19-20,22,24-46,48-50,52-62,64-66,68-72H2,1-2H3,(H,82,85)/b10-8+,16-15-,18-17-,23-21-,51-47+,67-63+. The van der Waals surface area contributed by atoms with E-state index in [1.807, 2.05) is 6.08 Å². The number of allylic oxidation sites excluding steroid dienone is 11. The number of carbonyl (C=O) groups is 2. The van der Waals surface area contributed by atoms with Crippen molar-refractivity contribution in [2.45, 2.75) is 410 Å². The first-order valence-corrected chi connectivity index (χ1v) is 39.2. The zero-order valence-electron chi connectivity index (χ0n) is 59.8. The molecule has 11 heteroatoms. The third-order valence-electron chi connectivity index (χ3n) is 18.2. The minimum absolute atomic E-state index is 0.00566. The molecule has 1 saturated heterocycles. The van der Waals surface area contributed by atoms with Crippen molar-refractivity contribution in [2.75, 3.05) is 19.8 Å². The molecule has 0 aromatic rings. The number of rotatable bonds is 69. The van der Waals surface area contributed by atoms with Gasteiger partial charge in [0.2, 0.25) is 5.91 Å². The minimum Gasteiger partial charge on any atom is -0.466 e. The van der Waals surface area contributed by atoms with Crippen LogP contribution in [0.25, 0.3) is 0 Å². The van der Waals surface area contributed by atoms with E-state index in [-0.39, 0.29) is 18.5 Å². The Labute approximate surface area is 566 Å². The molecule has 1 heterocycles. The molecule has 1 aliphatic heterocycles. The molecule has 1 amide bonds. The van der Waals surface area contributed by atoms with Crippen molar-refractivity contribution in [2.24, 2.45) is 0 Å². The summed E-state index contributed by atoms with van der Waals surface area (Å²) < 4.78 is 16.7. The van der Waals surface area contributed by atoms with E-state index < -0.39 is 49.5 Å². The summed E-state index contributed by atoms with van der Waals surface area (Å²) in [7, 11) is 0. The average molecular weight is 1300 g/mol. The summed E-state index contributed by atoms with van der Waals surface area (Å²) in [5.41, 5.74) is 0. The molecule has 536 valence electrons. The molecule has 1 fully saturated rings. The number of unbranched alkanes of at least 4 members (excludes halogenated alkanes) is 45. The second-order valence-electron chi connectivity index (χ2n) is 27.0. The number of hydrogen-bond donors (Lipinski definition) is 6. The van der Waals surface area contributed by atoms with Gasteiger partial charge in [-0.25, -0.2) is 0 Å². The van der Waals surface area contributed by atoms with Gasteiger partial charge in [-0.3, -0.25) is 9.59 Å². The van der Waals surface area contributed by atoms with Gasteiger partial charge in [0.15, 0.2) is 6.29 Å². The molecule has 1 rings (SSSR count). The zero-order valence-corrected chi connectivity index (χ0v) is 59.8. The lowest BCUT2D eigenvalue weighted by atomic mass is 9.99. The Morgan fingerprint density at radius 1 is 0.402 bits per heavy atom. The van der Waals surface area contributed by atoms with Crippen molar-refractivity contribution in [1.29, 1.82) is 0 Å². The molecule has 7 unspecified atom stereocenters. The Kier molecular flexibility index (Phi) is 65.8. The van der Waals surface area contributed by atoms with Gasteiger partial charge in [0.05, 0.1) is 32.0 Å². The molecule has 0 aromatic carbocycles. The highest BCUT2D eigenvalue weighted by Crippen LogP contribution is 2.23. The second-order valence-corrected chi connectivity index (χ2v) is 27.0. The van der Waals surface area contributed by atoms with Crippen LogP contribution in [0.2, 0.25) is 0 Å². The molecule has 0 spiro atoms. The Bertz CT molecular complexity index is 1760. The minimum atomic E-state index is -1.58. The Morgan fingerprint density at radius 2 is 0.761 bits per heavy atom. The van der Waals surface area contributed by atoms with Crippen molar-refractivity contribution in [3.8, 4) is 0 Å². The topological polar surface area (TPSA) is 175 Å². The number of hydrogen-bond acceptors (Lipinski definition) is 10. The van der Waals surface area contributed by atoms with E-state index in [4.69, 9.17) is 14.2 Å². The van der Waals surface area contributed by atoms with E-state index in [9.17, 15) is 35.1 Å². The van der Waals surface area contributed by atoms with E-state index in [2.05, 4.69) is 79.9 Å². The van der Waals surface area contributed by atoms with Crippen molar-refractivity contribution in [3.05, 3.63) is 72.9 Å². The van der Waals surface area contributed by atoms with Gasteiger partial charge >= 0.3 is 5.97 Å². The normalized spacial score (nSPS) is 17.9. The molecular weight excluding hydrogens is 1150 g/mol. The summed E-state index contributed by atoms with van der Waals surface area (Å²) in [4.78, 5) is 25.1. The molecule has 0 radical (unpaired) electrons. The summed E-state index contributed by atoms with van der Waals surface area (Å²) >= 11 is 0. The molecular formula is C81H147NO10. The molecule has 0 aliphatic carbocycles. The van der Waals surface area contributed by atoms with E-state index >= 15 is 0 Å². The molecule has 92 heavy (non-hydrogen) atoms. The van der Waals surface area contributed by atoms with Gasteiger partial charge in [-0.2, -0.15) is 0 Å². The highest BCUT2D eigenvalue weighted by Gasteiger charge is 2.44. The monoisotopic (exact) mass is 1290 g/mol. The quantitative estimate of drug-likeness (QED) is 0.0195. The predicted molar refractivity (Wildman–Crippen MR) is 389 cm³/mol. The lowest BCUT2D eigenvalue weighted by Crippen LogP contribution is -2.60. The number of carbonyl (C=O) groups excluding carboxylic acids is 2. The molecule has 0 bridgehead atoms. The number of nitrogens with one attached hydrogen (secondary N) is 1. The first kappa shape index (κ1) is 87.1. The van der Waals surface area contributed by atoms with Crippen molar-refractivity contribution < 1.29 is 49.3 Å². The highest BCUT2D eigenvalue weighted by atomic mass is 16.7. The first-order chi connectivity index (χ1) is 45.2. The molecule has 6 N–H and O–H groups in total. The number of aliphatic hydroxyl groups excluding tert-OH is 5. The fraction of sp³-hybridized carbons (Fsp3) is 0.827. The van der Waals surface area contributed by atoms with Gasteiger partial charge in [-0.05, 0) is 109 Å². The maximum Gasteiger partial charge on any atom is 0.305 e. The number of esters is 1. The second kappa shape index (κ2) is 69.5. The van der Waals surface area contributed by atoms with Crippen LogP contribution >= 0.6 is 0 Å². The number of amides is 1. The SMILES string of the molecule is CCC/C=C/CC/C=C/CC/C=C/C(O)C(COC1OC(CO)C(O)C(O)C1O)NC(=O)CCCCCCCCCCCCCCCCCCC/C=C\C/C=C\CCCCCCCCCCCCCCCCCOC(=O)CCCCCCC/C=C\CCCCCCC. The maximum absolute atomic E-state index is 13.0. The van der Waals surface area contributed by atoms with Crippen LogP contribution in [0.15, 0.2) is 72.9 Å². The van der Waals surface area contributed by atoms with Gasteiger partial charge in [0.25, 0.3) is 0 Å². The summed E-state index contributed by atoms with van der Waals surface area (Å²) in [5.74, 6) is -0.189. The third-order valence-corrected chi connectivity index (χ3v) is 18.2. The summed E-state index contributed by atoms with van der Waals surface area (Å²) in [6.45, 7) is 4.27. The Morgan fingerprint density at radius 3 is 1.18 bits per heavy atom. The van der Waals surface area contributed by atoms with Crippen LogP contribution in [0, 0.1) is 0 Å². The van der Waals surface area contributed by atoms with Crippen LogP contribution in [-0.4, -0.2) is 100 Å². The molecule has 0 saturated carbocycles. The van der Waals surface area contributed by atoms with Crippen LogP contribution in [0.4, 0.5) is 0 Å². The number of aliphatic hydroxyl groups is 5. The summed E-state index contributed by atoms with van der Waals surface area (Å²) in [6, 6.07) is -0.833. The zero-order chi connectivity index (χ0) is 66.5. The van der Waals surface area contributed by atoms with Crippen LogP contribution in [0.1, 0.15) is 367 Å². The van der Waals surface area contributed by atoms with Gasteiger partial charge < -0.3 is 45.1 Å². The molecule has 7 atom stereocenters. The largest absolute Gasteiger partial charge is 0.466 e. The lowest BCUT2D eigenvalue weighted by Gasteiger charge is -2.40. The van der Waals surface area contributed by atoms with Gasteiger partial charge in [-0.1, -0.05) is 318 Å². The fourth-order valence-corrected chi connectivity index (χ4v) is 12.1. The van der Waals surface area contributed by atoms with Crippen LogP contribution in [0.3, 0.4) is 0 Å². The fourth-order valence-electron chi connectivity index (χ4n) is 12.1. The number of ether oxygens (including phenoxy) is 3. The Balaban J connectivity index is 1.89. The third kappa shape index (κ3) is 57.4. The van der Waals surface area contributed by atoms with E-state index in [1.54, 1.807) is 6.08 Å². The van der Waals surface area contributed by atoms with Gasteiger partial charge in [-0.15, -0.1) is 0 Å². The van der Waals surface area contributed by atoms with Gasteiger partial charge in [0.1, 0.15) is 24.4 Å². The molecule has 1 aliphatic rings. The predicted octanol–water partition coefficient (Wildman–Crippen LogP) is 21.0. The van der Waals surface area contributed by atoms with E-state index in [0.717, 1.165) is 83.5 Å². The summed E-state index contributed by atoms with van der Waals surface area (Å²) in [6.07, 6.45) is 85.2. The van der Waals surface area contributed by atoms with Crippen LogP contribution in [-0.2, 0) is 23.8 Å². The van der Waals surface area contributed by atoms with E-state index in [0.29, 0.717) is 19.4 Å². The van der Waals surface area contributed by atoms with Gasteiger partial charge in [0, 0.05) is 12.8 Å². The van der Waals surface area contributed by atoms with Crippen molar-refractivity contribution >= 4 is 11.9 Å². The lowest BCUT2D eigenvalue weighted by molar-refractivity contribution is -0.302. The maximum atomic E-state index is 13.0. The summed E-state index contributed by atoms with van der Waals surface area (Å²) in [5, 5.41) is 54.4. The van der Waals surface area contributed by atoms with Crippen LogP contribution in [0.5, 0.6) is 0 Å². The van der Waals surface area contributed by atoms with E-state index in [1.165, 1.54) is 257 Å². The van der Waals surface area contributed by atoms with Crippen molar-refractivity contribution in [1.82, 2.24) is 5.32 Å².